The molecule has 0 atom stereocenters. The number of hydrogen-bond acceptors (Lipinski definition) is 4. The second-order valence-electron chi connectivity index (χ2n) is 12.8. The topological polar surface area (TPSA) is 46.2 Å². The van der Waals surface area contributed by atoms with Crippen LogP contribution in [0.4, 0.5) is 28.4 Å². The van der Waals surface area contributed by atoms with Gasteiger partial charge in [-0.25, -0.2) is 0 Å². The first kappa shape index (κ1) is 31.7. The zero-order chi connectivity index (χ0) is 34.9. The third kappa shape index (κ3) is 5.76. The Morgan fingerprint density at radius 3 is 1.90 bits per heavy atom. The molecule has 3 N–H and O–H groups in total. The second kappa shape index (κ2) is 13.8. The second-order valence-corrected chi connectivity index (χ2v) is 13.9. The van der Waals surface area contributed by atoms with Gasteiger partial charge in [0.1, 0.15) is 0 Å². The van der Waals surface area contributed by atoms with Crippen LogP contribution in [0.2, 0.25) is 0 Å². The first-order chi connectivity index (χ1) is 25.8. The number of aromatic nitrogens is 1. The van der Waals surface area contributed by atoms with Gasteiger partial charge in [0, 0.05) is 43.2 Å². The Labute approximate surface area is 307 Å². The predicted molar refractivity (Wildman–Crippen MR) is 222 cm³/mol. The van der Waals surface area contributed by atoms with E-state index >= 15 is 0 Å². The summed E-state index contributed by atoms with van der Waals surface area (Å²) in [6, 6.07) is 66.1. The molecule has 0 fully saturated rings. The molecule has 1 aromatic heterocycles. The Hall–Kier alpha value is -6.27. The van der Waals surface area contributed by atoms with E-state index in [4.69, 9.17) is 5.73 Å². The van der Waals surface area contributed by atoms with Crippen molar-refractivity contribution in [3.63, 3.8) is 0 Å². The number of nitrogens with two attached hydrogens (primary N) is 1. The summed E-state index contributed by atoms with van der Waals surface area (Å²) in [6.45, 7) is 0.421. The number of rotatable bonds is 5. The zero-order valence-electron chi connectivity index (χ0n) is 28.5. The lowest BCUT2D eigenvalue weighted by atomic mass is 9.99. The molecule has 52 heavy (non-hydrogen) atoms. The Kier molecular flexibility index (Phi) is 8.41. The van der Waals surface area contributed by atoms with Crippen molar-refractivity contribution >= 4 is 72.8 Å². The molecule has 9 aromatic rings. The smallest absolute Gasteiger partial charge is 0.0707 e. The first-order valence-electron chi connectivity index (χ1n) is 17.5. The lowest BCUT2D eigenvalue weighted by molar-refractivity contribution is 0.791. The molecule has 0 saturated carbocycles. The van der Waals surface area contributed by atoms with Gasteiger partial charge < -0.3 is 20.5 Å². The molecule has 0 aliphatic carbocycles. The highest BCUT2D eigenvalue weighted by Crippen LogP contribution is 2.52. The molecule has 0 bridgehead atoms. The van der Waals surface area contributed by atoms with E-state index in [2.05, 4.69) is 142 Å². The molecule has 0 amide bonds. The molecule has 10 rings (SSSR count). The number of para-hydroxylation sites is 5. The summed E-state index contributed by atoms with van der Waals surface area (Å²) in [5, 5.41) is 8.33. The summed E-state index contributed by atoms with van der Waals surface area (Å²) in [5.74, 6) is 0. The van der Waals surface area contributed by atoms with Crippen LogP contribution >= 0.6 is 11.8 Å². The van der Waals surface area contributed by atoms with Crippen molar-refractivity contribution < 1.29 is 0 Å². The predicted octanol–water partition coefficient (Wildman–Crippen LogP) is 12.9. The quantitative estimate of drug-likeness (QED) is 0.189. The lowest BCUT2D eigenvalue weighted by Gasteiger charge is -2.33. The van der Waals surface area contributed by atoms with Crippen LogP contribution in [-0.4, -0.2) is 4.57 Å². The molecule has 5 heteroatoms. The fourth-order valence-corrected chi connectivity index (χ4v) is 8.43. The molecule has 0 saturated heterocycles. The summed E-state index contributed by atoms with van der Waals surface area (Å²) >= 11 is 1.84. The van der Waals surface area contributed by atoms with Crippen LogP contribution in [0.25, 0.3) is 43.7 Å². The maximum atomic E-state index is 6.42. The summed E-state index contributed by atoms with van der Waals surface area (Å²) in [5.41, 5.74) is 17.0. The van der Waals surface area contributed by atoms with Gasteiger partial charge in [-0.2, -0.15) is 0 Å². The monoisotopic (exact) mass is 688 g/mol. The summed E-state index contributed by atoms with van der Waals surface area (Å²) < 4.78 is 2.27. The number of anilines is 5. The average molecular weight is 689 g/mol. The van der Waals surface area contributed by atoms with Crippen molar-refractivity contribution in [2.24, 2.45) is 5.73 Å². The van der Waals surface area contributed by atoms with E-state index in [9.17, 15) is 0 Å². The van der Waals surface area contributed by atoms with E-state index in [1.165, 1.54) is 64.9 Å². The molecular formula is C47H36N4S. The van der Waals surface area contributed by atoms with Gasteiger partial charge >= 0.3 is 0 Å². The average Bonchev–Trinajstić information content (AvgIpc) is 3.55. The molecule has 8 aromatic carbocycles. The number of hydrogen-bond donors (Lipinski definition) is 2. The lowest BCUT2D eigenvalue weighted by Crippen LogP contribution is -2.14. The van der Waals surface area contributed by atoms with Gasteiger partial charge in [0.05, 0.1) is 29.1 Å². The molecule has 1 aliphatic rings. The Balaban J connectivity index is 0.000000234. The minimum absolute atomic E-state index is 0.421. The van der Waals surface area contributed by atoms with Crippen LogP contribution in [0, 0.1) is 0 Å². The number of nitrogens with one attached hydrogen (secondary N) is 1. The summed E-state index contributed by atoms with van der Waals surface area (Å²) in [4.78, 5) is 4.87. The highest BCUT2D eigenvalue weighted by atomic mass is 32.2. The van der Waals surface area contributed by atoms with Gasteiger partial charge in [-0.3, -0.25) is 0 Å². The molecule has 2 heterocycles. The van der Waals surface area contributed by atoms with Crippen molar-refractivity contribution in [1.29, 1.82) is 0 Å². The largest absolute Gasteiger partial charge is 0.356 e. The van der Waals surface area contributed by atoms with Crippen LogP contribution in [0.3, 0.4) is 0 Å². The van der Waals surface area contributed by atoms with E-state index in [0.717, 1.165) is 17.1 Å². The summed E-state index contributed by atoms with van der Waals surface area (Å²) in [7, 11) is 0. The number of benzene rings is 8. The van der Waals surface area contributed by atoms with Gasteiger partial charge in [-0.1, -0.05) is 133 Å². The van der Waals surface area contributed by atoms with E-state index in [0.29, 0.717) is 6.67 Å². The number of nitrogens with zero attached hydrogens (tertiary/aromatic N) is 2. The highest BCUT2D eigenvalue weighted by molar-refractivity contribution is 7.99. The van der Waals surface area contributed by atoms with Crippen LogP contribution in [0.15, 0.2) is 198 Å². The third-order valence-electron chi connectivity index (χ3n) is 9.64. The first-order valence-corrected chi connectivity index (χ1v) is 18.3. The molecular weight excluding hydrogens is 653 g/mol. The minimum atomic E-state index is 0.421. The van der Waals surface area contributed by atoms with Crippen molar-refractivity contribution in [3.05, 3.63) is 188 Å². The van der Waals surface area contributed by atoms with Gasteiger partial charge in [0.2, 0.25) is 0 Å². The van der Waals surface area contributed by atoms with E-state index in [-0.39, 0.29) is 0 Å². The van der Waals surface area contributed by atoms with Gasteiger partial charge in [0.25, 0.3) is 0 Å². The fourth-order valence-electron chi connectivity index (χ4n) is 7.34. The SMILES string of the molecule is NCn1c2ccc3ccccc3c2c2cccc(-c3ccc4c(c3)Sc3ccccc3N4c3ccccc3)c21.c1ccc(Nc2ccccc2)cc1. The molecule has 0 unspecified atom stereocenters. The standard InChI is InChI=1S/C35H25N3S.C12H11N/c36-22-37-31-20-17-23-9-4-5-12-26(23)34(31)28-14-8-13-27(35(28)37)24-18-19-30-33(21-24)39-32-16-7-6-15-29(32)38(30)25-10-2-1-3-11-25;1-3-7-11(8-4-1)13-12-9-5-2-6-10-12/h1-21H,22,36H2;1-10,13H. The minimum Gasteiger partial charge on any atom is -0.356 e. The zero-order valence-corrected chi connectivity index (χ0v) is 29.3. The van der Waals surface area contributed by atoms with Gasteiger partial charge in [0.15, 0.2) is 0 Å². The van der Waals surface area contributed by atoms with Crippen molar-refractivity contribution in [3.8, 4) is 11.1 Å². The Bertz CT molecular complexity index is 2630. The van der Waals surface area contributed by atoms with Gasteiger partial charge in [-0.15, -0.1) is 0 Å². The third-order valence-corrected chi connectivity index (χ3v) is 10.8. The Morgan fingerprint density at radius 2 is 1.15 bits per heavy atom. The normalized spacial score (nSPS) is 11.9. The van der Waals surface area contributed by atoms with E-state index in [1.807, 2.05) is 72.4 Å². The molecule has 4 nitrogen and oxygen atoms in total. The van der Waals surface area contributed by atoms with Crippen LogP contribution in [-0.2, 0) is 6.67 Å². The number of fused-ring (bicyclic) bond motifs is 7. The molecule has 250 valence electrons. The van der Waals surface area contributed by atoms with Crippen LogP contribution in [0.5, 0.6) is 0 Å². The maximum Gasteiger partial charge on any atom is 0.0707 e. The van der Waals surface area contributed by atoms with Crippen LogP contribution in [0.1, 0.15) is 0 Å². The van der Waals surface area contributed by atoms with Crippen molar-refractivity contribution in [2.45, 2.75) is 16.5 Å². The highest BCUT2D eigenvalue weighted by Gasteiger charge is 2.25. The van der Waals surface area contributed by atoms with E-state index in [1.54, 1.807) is 0 Å². The van der Waals surface area contributed by atoms with Gasteiger partial charge in [-0.05, 0) is 83.1 Å². The summed E-state index contributed by atoms with van der Waals surface area (Å²) in [6.07, 6.45) is 0. The Morgan fingerprint density at radius 1 is 0.519 bits per heavy atom. The molecule has 1 aliphatic heterocycles. The molecule has 0 radical (unpaired) electrons. The van der Waals surface area contributed by atoms with E-state index < -0.39 is 0 Å². The van der Waals surface area contributed by atoms with Crippen molar-refractivity contribution in [1.82, 2.24) is 4.57 Å². The molecule has 0 spiro atoms. The maximum absolute atomic E-state index is 6.42. The van der Waals surface area contributed by atoms with Crippen LogP contribution < -0.4 is 16.0 Å². The van der Waals surface area contributed by atoms with Crippen molar-refractivity contribution in [2.75, 3.05) is 10.2 Å². The fraction of sp³-hybridized carbons (Fsp3) is 0.0213.